The molecule has 0 bridgehead atoms. The Morgan fingerprint density at radius 2 is 1.79 bits per heavy atom. The van der Waals surface area contributed by atoms with E-state index in [-0.39, 0.29) is 12.2 Å². The molecule has 0 aromatic carbocycles. The first kappa shape index (κ1) is 13.4. The van der Waals surface area contributed by atoms with Crippen molar-refractivity contribution < 1.29 is 13.2 Å². The van der Waals surface area contributed by atoms with Crippen molar-refractivity contribution in [2.75, 3.05) is 5.75 Å². The van der Waals surface area contributed by atoms with E-state index in [4.69, 9.17) is 11.5 Å². The highest BCUT2D eigenvalue weighted by molar-refractivity contribution is 7.92. The Bertz CT molecular complexity index is 303. The van der Waals surface area contributed by atoms with Crippen molar-refractivity contribution in [3.8, 4) is 0 Å². The number of rotatable bonds is 4. The van der Waals surface area contributed by atoms with Crippen molar-refractivity contribution in [3.63, 3.8) is 0 Å². The topological polar surface area (TPSA) is 103 Å². The molecule has 0 heterocycles. The van der Waals surface area contributed by atoms with Crippen molar-refractivity contribution in [1.29, 1.82) is 0 Å². The number of carbonyl (C=O) groups excluding carboxylic acids is 1. The van der Waals surface area contributed by atoms with Crippen LogP contribution < -0.4 is 11.5 Å². The lowest BCUT2D eigenvalue weighted by atomic mass is 10.2. The first-order valence-electron chi connectivity index (χ1n) is 4.35. The Balaban J connectivity index is 4.36. The highest BCUT2D eigenvalue weighted by Gasteiger charge is 2.29. The van der Waals surface area contributed by atoms with Crippen molar-refractivity contribution in [2.45, 2.75) is 38.0 Å². The van der Waals surface area contributed by atoms with Crippen LogP contribution in [0.25, 0.3) is 0 Å². The Morgan fingerprint density at radius 3 is 2.07 bits per heavy atom. The summed E-state index contributed by atoms with van der Waals surface area (Å²) in [6, 6.07) is -0.882. The van der Waals surface area contributed by atoms with E-state index in [1.165, 1.54) is 0 Å². The minimum atomic E-state index is -3.21. The second-order valence-corrected chi connectivity index (χ2v) is 7.09. The van der Waals surface area contributed by atoms with E-state index < -0.39 is 26.5 Å². The van der Waals surface area contributed by atoms with Crippen LogP contribution in [0.5, 0.6) is 0 Å². The van der Waals surface area contributed by atoms with Crippen LogP contribution in [0.4, 0.5) is 0 Å². The van der Waals surface area contributed by atoms with Crippen molar-refractivity contribution >= 4 is 15.7 Å². The average molecular weight is 222 g/mol. The molecule has 0 aliphatic rings. The maximum absolute atomic E-state index is 11.6. The van der Waals surface area contributed by atoms with Gasteiger partial charge in [0.05, 0.1) is 16.5 Å². The van der Waals surface area contributed by atoms with Crippen LogP contribution in [0, 0.1) is 0 Å². The molecule has 1 atom stereocenters. The number of primary amides is 1. The highest BCUT2D eigenvalue weighted by atomic mass is 32.2. The third kappa shape index (κ3) is 3.63. The van der Waals surface area contributed by atoms with Gasteiger partial charge in [-0.1, -0.05) is 0 Å². The van der Waals surface area contributed by atoms with E-state index in [1.807, 2.05) is 0 Å². The van der Waals surface area contributed by atoms with E-state index in [0.717, 1.165) is 0 Å². The summed E-state index contributed by atoms with van der Waals surface area (Å²) in [5, 5.41) is 0. The van der Waals surface area contributed by atoms with E-state index in [0.29, 0.717) is 0 Å². The van der Waals surface area contributed by atoms with Gasteiger partial charge in [0.2, 0.25) is 5.91 Å². The second kappa shape index (κ2) is 4.27. The molecule has 0 rings (SSSR count). The summed E-state index contributed by atoms with van der Waals surface area (Å²) in [5.74, 6) is -0.783. The normalized spacial score (nSPS) is 15.1. The predicted octanol–water partition coefficient (Wildman–Crippen LogP) is -0.598. The van der Waals surface area contributed by atoms with E-state index in [2.05, 4.69) is 0 Å². The lowest BCUT2D eigenvalue weighted by molar-refractivity contribution is -0.119. The van der Waals surface area contributed by atoms with Gasteiger partial charge in [0.15, 0.2) is 9.84 Å². The van der Waals surface area contributed by atoms with Crippen LogP contribution in [0.2, 0.25) is 0 Å². The summed E-state index contributed by atoms with van der Waals surface area (Å²) in [4.78, 5) is 10.6. The predicted molar refractivity (Wildman–Crippen MR) is 55.3 cm³/mol. The first-order chi connectivity index (χ1) is 6.08. The molecule has 0 aromatic heterocycles. The van der Waals surface area contributed by atoms with E-state index >= 15 is 0 Å². The number of sulfone groups is 1. The van der Waals surface area contributed by atoms with E-state index in [9.17, 15) is 13.2 Å². The number of amides is 1. The van der Waals surface area contributed by atoms with Crippen LogP contribution in [-0.4, -0.2) is 30.9 Å². The SMILES string of the molecule is CC(C)(C)S(=O)(=O)CCC(N)C(N)=O. The molecule has 0 aliphatic heterocycles. The average Bonchev–Trinajstić information content (AvgIpc) is 1.97. The molecule has 14 heavy (non-hydrogen) atoms. The van der Waals surface area contributed by atoms with Gasteiger partial charge < -0.3 is 11.5 Å². The second-order valence-electron chi connectivity index (χ2n) is 4.23. The molecule has 0 spiro atoms. The smallest absolute Gasteiger partial charge is 0.234 e. The van der Waals surface area contributed by atoms with Gasteiger partial charge in [0, 0.05) is 0 Å². The number of hydrogen-bond acceptors (Lipinski definition) is 4. The quantitative estimate of drug-likeness (QED) is 0.663. The van der Waals surface area contributed by atoms with Gasteiger partial charge >= 0.3 is 0 Å². The summed E-state index contributed by atoms with van der Waals surface area (Å²) >= 11 is 0. The van der Waals surface area contributed by atoms with Gasteiger partial charge in [0.1, 0.15) is 0 Å². The molecule has 4 N–H and O–H groups in total. The van der Waals surface area contributed by atoms with Gasteiger partial charge in [0.25, 0.3) is 0 Å². The van der Waals surface area contributed by atoms with Gasteiger partial charge in [-0.2, -0.15) is 0 Å². The molecule has 84 valence electrons. The third-order valence-corrected chi connectivity index (χ3v) is 4.64. The maximum atomic E-state index is 11.6. The lowest BCUT2D eigenvalue weighted by Gasteiger charge is -2.19. The minimum Gasteiger partial charge on any atom is -0.368 e. The molecule has 0 saturated carbocycles. The Kier molecular flexibility index (Phi) is 4.08. The molecular formula is C8H18N2O3S. The third-order valence-electron chi connectivity index (χ3n) is 2.00. The van der Waals surface area contributed by atoms with Crippen molar-refractivity contribution in [2.24, 2.45) is 11.5 Å². The fraction of sp³-hybridized carbons (Fsp3) is 0.875. The molecule has 0 radical (unpaired) electrons. The molecule has 6 heteroatoms. The molecule has 1 amide bonds. The highest BCUT2D eigenvalue weighted by Crippen LogP contribution is 2.16. The number of carbonyl (C=O) groups is 1. The Labute approximate surface area is 84.8 Å². The molecule has 5 nitrogen and oxygen atoms in total. The zero-order chi connectivity index (χ0) is 11.6. The van der Waals surface area contributed by atoms with Crippen LogP contribution >= 0.6 is 0 Å². The Hall–Kier alpha value is -0.620. The lowest BCUT2D eigenvalue weighted by Crippen LogP contribution is -2.40. The number of nitrogens with two attached hydrogens (primary N) is 2. The van der Waals surface area contributed by atoms with Gasteiger partial charge in [-0.05, 0) is 27.2 Å². The standard InChI is InChI=1S/C8H18N2O3S/c1-8(2,3)14(12,13)5-4-6(9)7(10)11/h6H,4-5,9H2,1-3H3,(H2,10,11). The first-order valence-corrected chi connectivity index (χ1v) is 6.00. The number of hydrogen-bond donors (Lipinski definition) is 2. The van der Waals surface area contributed by atoms with E-state index in [1.54, 1.807) is 20.8 Å². The maximum Gasteiger partial charge on any atom is 0.234 e. The van der Waals surface area contributed by atoms with Crippen LogP contribution in [0.15, 0.2) is 0 Å². The van der Waals surface area contributed by atoms with Crippen LogP contribution in [-0.2, 0) is 14.6 Å². The Morgan fingerprint density at radius 1 is 1.36 bits per heavy atom. The molecule has 0 aliphatic carbocycles. The summed E-state index contributed by atoms with van der Waals surface area (Å²) in [5.41, 5.74) is 10.2. The summed E-state index contributed by atoms with van der Waals surface area (Å²) in [6.07, 6.45) is 0.0783. The molecule has 1 unspecified atom stereocenters. The summed E-state index contributed by atoms with van der Waals surface area (Å²) in [6.45, 7) is 4.83. The van der Waals surface area contributed by atoms with Gasteiger partial charge in [-0.15, -0.1) is 0 Å². The zero-order valence-electron chi connectivity index (χ0n) is 8.78. The summed E-state index contributed by atoms with van der Waals surface area (Å²) < 4.78 is 22.3. The van der Waals surface area contributed by atoms with Crippen molar-refractivity contribution in [1.82, 2.24) is 0 Å². The van der Waals surface area contributed by atoms with Crippen LogP contribution in [0.3, 0.4) is 0 Å². The largest absolute Gasteiger partial charge is 0.368 e. The van der Waals surface area contributed by atoms with Crippen molar-refractivity contribution in [3.05, 3.63) is 0 Å². The molecule has 0 fully saturated rings. The summed E-state index contributed by atoms with van der Waals surface area (Å²) in [7, 11) is -3.21. The minimum absolute atomic E-state index is 0.0783. The fourth-order valence-corrected chi connectivity index (χ4v) is 1.91. The molecule has 0 aromatic rings. The van der Waals surface area contributed by atoms with Gasteiger partial charge in [-0.3, -0.25) is 4.79 Å². The zero-order valence-corrected chi connectivity index (χ0v) is 9.60. The van der Waals surface area contributed by atoms with Gasteiger partial charge in [-0.25, -0.2) is 8.42 Å². The fourth-order valence-electron chi connectivity index (χ4n) is 0.731. The monoisotopic (exact) mass is 222 g/mol. The molecular weight excluding hydrogens is 204 g/mol. The molecule has 0 saturated heterocycles. The van der Waals surface area contributed by atoms with Crippen LogP contribution in [0.1, 0.15) is 27.2 Å².